The van der Waals surface area contributed by atoms with Crippen LogP contribution in [0.25, 0.3) is 11.0 Å². The van der Waals surface area contributed by atoms with Gasteiger partial charge in [-0.3, -0.25) is 14.3 Å². The summed E-state index contributed by atoms with van der Waals surface area (Å²) in [6, 6.07) is 0. The Morgan fingerprint density at radius 1 is 1.15 bits per heavy atom. The van der Waals surface area contributed by atoms with E-state index in [0.29, 0.717) is 17.5 Å². The van der Waals surface area contributed by atoms with Crippen molar-refractivity contribution >= 4 is 22.4 Å². The number of hydrogen-bond donors (Lipinski definition) is 1. The number of rotatable bonds is 4. The minimum Gasteiger partial charge on any atom is -0.293 e. The fourth-order valence-electron chi connectivity index (χ4n) is 2.91. The zero-order valence-corrected chi connectivity index (χ0v) is 15.1. The third-order valence-electron chi connectivity index (χ3n) is 3.99. The lowest BCUT2D eigenvalue weighted by atomic mass is 10.2. The lowest BCUT2D eigenvalue weighted by Gasteiger charge is -2.06. The molecule has 0 atom stereocenters. The van der Waals surface area contributed by atoms with E-state index >= 15 is 0 Å². The number of fused-ring (bicyclic) bond motifs is 1. The second kappa shape index (κ2) is 6.38. The third kappa shape index (κ3) is 3.43. The van der Waals surface area contributed by atoms with Crippen LogP contribution in [-0.2, 0) is 26.4 Å². The van der Waals surface area contributed by atoms with Crippen molar-refractivity contribution in [3.63, 3.8) is 0 Å². The maximum Gasteiger partial charge on any atom is 0.408 e. The summed E-state index contributed by atoms with van der Waals surface area (Å²) in [4.78, 5) is 31.3. The molecule has 0 aromatic carbocycles. The van der Waals surface area contributed by atoms with Crippen LogP contribution in [0.1, 0.15) is 21.3 Å². The molecule has 0 aliphatic heterocycles. The van der Waals surface area contributed by atoms with Gasteiger partial charge in [0.15, 0.2) is 5.52 Å². The van der Waals surface area contributed by atoms with Gasteiger partial charge in [0.25, 0.3) is 5.56 Å². The summed E-state index contributed by atoms with van der Waals surface area (Å²) in [5.74, 6) is 0. The maximum absolute atomic E-state index is 12.8. The van der Waals surface area contributed by atoms with Gasteiger partial charge in [-0.2, -0.15) is 18.3 Å². The van der Waals surface area contributed by atoms with E-state index in [1.807, 2.05) is 18.8 Å². The standard InChI is InChI=1S/C15H16F3N5O2S/c1-7-10(26-8(2)19-7)5-4-9-11-12(13(24)20-14(25)22(11)3)23(21-9)6-15(16,17)18/h4-6H2,1-3H3,(H,20,24,25). The molecule has 0 radical (unpaired) electrons. The minimum atomic E-state index is -4.54. The molecule has 26 heavy (non-hydrogen) atoms. The van der Waals surface area contributed by atoms with Crippen LogP contribution in [0.4, 0.5) is 13.2 Å². The van der Waals surface area contributed by atoms with Gasteiger partial charge in [-0.15, -0.1) is 11.3 Å². The summed E-state index contributed by atoms with van der Waals surface area (Å²) in [5, 5.41) is 4.89. The predicted octanol–water partition coefficient (Wildman–Crippen LogP) is 1.84. The van der Waals surface area contributed by atoms with Gasteiger partial charge in [0.2, 0.25) is 0 Å². The van der Waals surface area contributed by atoms with Crippen LogP contribution >= 0.6 is 11.3 Å². The number of H-pyrrole nitrogens is 1. The first-order valence-electron chi connectivity index (χ1n) is 7.75. The van der Waals surface area contributed by atoms with Gasteiger partial charge in [0.05, 0.1) is 21.9 Å². The van der Waals surface area contributed by atoms with E-state index < -0.39 is 24.0 Å². The number of nitrogens with zero attached hydrogens (tertiary/aromatic N) is 4. The Morgan fingerprint density at radius 2 is 1.85 bits per heavy atom. The summed E-state index contributed by atoms with van der Waals surface area (Å²) in [5.41, 5.74) is -0.562. The lowest BCUT2D eigenvalue weighted by Crippen LogP contribution is -2.30. The van der Waals surface area contributed by atoms with Crippen molar-refractivity contribution in [3.8, 4) is 0 Å². The van der Waals surface area contributed by atoms with Crippen molar-refractivity contribution in [3.05, 3.63) is 42.1 Å². The molecule has 0 saturated carbocycles. The Hall–Kier alpha value is -2.43. The van der Waals surface area contributed by atoms with Gasteiger partial charge in [0.1, 0.15) is 6.54 Å². The first kappa shape index (κ1) is 18.4. The molecule has 0 aliphatic rings. The second-order valence-corrected chi connectivity index (χ2v) is 7.26. The second-order valence-electron chi connectivity index (χ2n) is 5.98. The molecule has 3 aromatic heterocycles. The van der Waals surface area contributed by atoms with Gasteiger partial charge in [0, 0.05) is 11.9 Å². The predicted molar refractivity (Wildman–Crippen MR) is 90.6 cm³/mol. The summed E-state index contributed by atoms with van der Waals surface area (Å²) < 4.78 is 40.3. The van der Waals surface area contributed by atoms with Gasteiger partial charge in [-0.05, 0) is 26.7 Å². The summed E-state index contributed by atoms with van der Waals surface area (Å²) in [6.07, 6.45) is -3.74. The van der Waals surface area contributed by atoms with Gasteiger partial charge in [-0.25, -0.2) is 14.5 Å². The molecule has 140 valence electrons. The van der Waals surface area contributed by atoms with Crippen LogP contribution in [0.3, 0.4) is 0 Å². The molecule has 0 aliphatic carbocycles. The molecule has 0 unspecified atom stereocenters. The van der Waals surface area contributed by atoms with Crippen LogP contribution in [0, 0.1) is 13.8 Å². The van der Waals surface area contributed by atoms with E-state index in [0.717, 1.165) is 20.1 Å². The fraction of sp³-hybridized carbons (Fsp3) is 0.467. The van der Waals surface area contributed by atoms with Crippen molar-refractivity contribution in [1.29, 1.82) is 0 Å². The third-order valence-corrected chi connectivity index (χ3v) is 5.12. The highest BCUT2D eigenvalue weighted by Gasteiger charge is 2.31. The van der Waals surface area contributed by atoms with E-state index in [1.54, 1.807) is 0 Å². The van der Waals surface area contributed by atoms with Crippen molar-refractivity contribution in [2.75, 3.05) is 0 Å². The summed E-state index contributed by atoms with van der Waals surface area (Å²) >= 11 is 1.50. The topological polar surface area (TPSA) is 85.6 Å². The highest BCUT2D eigenvalue weighted by molar-refractivity contribution is 7.11. The molecule has 0 spiro atoms. The summed E-state index contributed by atoms with van der Waals surface area (Å²) in [7, 11) is 1.39. The highest BCUT2D eigenvalue weighted by atomic mass is 32.1. The maximum atomic E-state index is 12.8. The lowest BCUT2D eigenvalue weighted by molar-refractivity contribution is -0.141. The Labute approximate surface area is 149 Å². The molecule has 3 rings (SSSR count). The van der Waals surface area contributed by atoms with Gasteiger partial charge >= 0.3 is 11.9 Å². The van der Waals surface area contributed by atoms with Crippen molar-refractivity contribution < 1.29 is 13.2 Å². The van der Waals surface area contributed by atoms with Gasteiger partial charge < -0.3 is 0 Å². The fourth-order valence-corrected chi connectivity index (χ4v) is 3.85. The molecule has 0 fully saturated rings. The first-order valence-corrected chi connectivity index (χ1v) is 8.57. The van der Waals surface area contributed by atoms with E-state index in [-0.39, 0.29) is 16.7 Å². The molecular formula is C15H16F3N5O2S. The SMILES string of the molecule is Cc1nc(C)c(CCc2nn(CC(F)(F)F)c3c(=O)[nH]c(=O)n(C)c23)s1. The zero-order valence-electron chi connectivity index (χ0n) is 14.3. The smallest absolute Gasteiger partial charge is 0.293 e. The number of aromatic nitrogens is 5. The molecule has 0 bridgehead atoms. The number of aryl methyl sites for hydroxylation is 5. The van der Waals surface area contributed by atoms with Crippen molar-refractivity contribution in [2.24, 2.45) is 7.05 Å². The van der Waals surface area contributed by atoms with Crippen LogP contribution < -0.4 is 11.2 Å². The van der Waals surface area contributed by atoms with Gasteiger partial charge in [-0.1, -0.05) is 0 Å². The highest BCUT2D eigenvalue weighted by Crippen LogP contribution is 2.24. The average molecular weight is 387 g/mol. The largest absolute Gasteiger partial charge is 0.408 e. The molecule has 0 amide bonds. The first-order chi connectivity index (χ1) is 12.1. The number of hydrogen-bond acceptors (Lipinski definition) is 5. The van der Waals surface area contributed by atoms with E-state index in [1.165, 1.54) is 18.4 Å². The molecule has 7 nitrogen and oxygen atoms in total. The molecule has 11 heteroatoms. The quantitative estimate of drug-likeness (QED) is 0.740. The average Bonchev–Trinajstić information content (AvgIpc) is 3.01. The monoisotopic (exact) mass is 387 g/mol. The number of alkyl halides is 3. The van der Waals surface area contributed by atoms with Crippen molar-refractivity contribution in [2.45, 2.75) is 39.4 Å². The van der Waals surface area contributed by atoms with Crippen LogP contribution in [0.2, 0.25) is 0 Å². The summed E-state index contributed by atoms with van der Waals surface area (Å²) in [6.45, 7) is 2.33. The van der Waals surface area contributed by atoms with E-state index in [4.69, 9.17) is 0 Å². The number of nitrogens with one attached hydrogen (secondary N) is 1. The van der Waals surface area contributed by atoms with Crippen LogP contribution in [0.5, 0.6) is 0 Å². The van der Waals surface area contributed by atoms with Crippen molar-refractivity contribution in [1.82, 2.24) is 24.3 Å². The Morgan fingerprint density at radius 3 is 2.42 bits per heavy atom. The van der Waals surface area contributed by atoms with Crippen LogP contribution in [-0.4, -0.2) is 30.5 Å². The molecular weight excluding hydrogens is 371 g/mol. The number of halogens is 3. The molecule has 0 saturated heterocycles. The Balaban J connectivity index is 2.11. The van der Waals surface area contributed by atoms with E-state index in [9.17, 15) is 22.8 Å². The molecule has 3 heterocycles. The normalized spacial score (nSPS) is 12.2. The number of thiazole rings is 1. The molecule has 3 aromatic rings. The Kier molecular flexibility index (Phi) is 4.51. The Bertz CT molecular complexity index is 1090. The zero-order chi connectivity index (χ0) is 19.2. The van der Waals surface area contributed by atoms with E-state index in [2.05, 4.69) is 10.1 Å². The minimum absolute atomic E-state index is 0.127. The molecule has 1 N–H and O–H groups in total. The van der Waals surface area contributed by atoms with Crippen LogP contribution in [0.15, 0.2) is 9.59 Å². The number of aromatic amines is 1.